The first kappa shape index (κ1) is 14.1. The van der Waals surface area contributed by atoms with Crippen molar-refractivity contribution < 1.29 is 27.8 Å². The van der Waals surface area contributed by atoms with E-state index >= 15 is 0 Å². The molecule has 1 N–H and O–H groups in total. The number of halogens is 3. The summed E-state index contributed by atoms with van der Waals surface area (Å²) in [4.78, 5) is 0. The maximum absolute atomic E-state index is 12.1. The van der Waals surface area contributed by atoms with E-state index in [2.05, 4.69) is 4.74 Å². The first-order valence-electron chi connectivity index (χ1n) is 6.09. The lowest BCUT2D eigenvalue weighted by atomic mass is 10.0. The highest BCUT2D eigenvalue weighted by atomic mass is 19.4. The number of benzene rings is 1. The molecule has 0 aliphatic carbocycles. The van der Waals surface area contributed by atoms with Crippen molar-refractivity contribution in [2.45, 2.75) is 37.8 Å². The standard InChI is InChI=1S/C13H15F3O3/c14-13(15,16)19-11-4-1-3-9(7-11)12(17)8-10-5-2-6-18-10/h1,3-4,7,10,12,17H,2,5-6,8H2. The molecule has 1 fully saturated rings. The third-order valence-corrected chi connectivity index (χ3v) is 2.99. The minimum absolute atomic E-state index is 0.0257. The van der Waals surface area contributed by atoms with E-state index in [1.807, 2.05) is 0 Å². The highest BCUT2D eigenvalue weighted by Gasteiger charge is 2.31. The molecule has 2 rings (SSSR count). The summed E-state index contributed by atoms with van der Waals surface area (Å²) in [6, 6.07) is 5.40. The highest BCUT2D eigenvalue weighted by molar-refractivity contribution is 5.30. The maximum Gasteiger partial charge on any atom is 0.573 e. The number of hydrogen-bond acceptors (Lipinski definition) is 3. The van der Waals surface area contributed by atoms with Gasteiger partial charge in [0.25, 0.3) is 0 Å². The van der Waals surface area contributed by atoms with Crippen LogP contribution >= 0.6 is 0 Å². The van der Waals surface area contributed by atoms with Crippen LogP contribution in [0, 0.1) is 0 Å². The van der Waals surface area contributed by atoms with Crippen LogP contribution < -0.4 is 4.74 Å². The van der Waals surface area contributed by atoms with Crippen LogP contribution in [0.5, 0.6) is 5.75 Å². The zero-order valence-corrected chi connectivity index (χ0v) is 10.2. The van der Waals surface area contributed by atoms with E-state index in [4.69, 9.17) is 4.74 Å². The van der Waals surface area contributed by atoms with Crippen molar-refractivity contribution >= 4 is 0 Å². The summed E-state index contributed by atoms with van der Waals surface area (Å²) < 4.78 is 45.5. The quantitative estimate of drug-likeness (QED) is 0.918. The molecule has 1 aliphatic rings. The Kier molecular flexibility index (Phi) is 4.31. The lowest BCUT2D eigenvalue weighted by Crippen LogP contribution is -2.17. The molecule has 2 atom stereocenters. The SMILES string of the molecule is OC(CC1CCCO1)c1cccc(OC(F)(F)F)c1. The molecular weight excluding hydrogens is 261 g/mol. The van der Waals surface area contributed by atoms with Gasteiger partial charge >= 0.3 is 6.36 Å². The molecule has 0 amide bonds. The van der Waals surface area contributed by atoms with E-state index in [9.17, 15) is 18.3 Å². The van der Waals surface area contributed by atoms with Crippen molar-refractivity contribution in [1.82, 2.24) is 0 Å². The molecule has 0 bridgehead atoms. The van der Waals surface area contributed by atoms with Crippen molar-refractivity contribution in [2.75, 3.05) is 6.61 Å². The van der Waals surface area contributed by atoms with E-state index in [0.717, 1.165) is 12.8 Å². The van der Waals surface area contributed by atoms with Gasteiger partial charge in [0.15, 0.2) is 0 Å². The van der Waals surface area contributed by atoms with Crippen LogP contribution in [0.25, 0.3) is 0 Å². The predicted molar refractivity (Wildman–Crippen MR) is 61.7 cm³/mol. The zero-order chi connectivity index (χ0) is 13.9. The summed E-state index contributed by atoms with van der Waals surface area (Å²) in [5.41, 5.74) is 0.400. The summed E-state index contributed by atoms with van der Waals surface area (Å²) in [5.74, 6) is -0.323. The minimum Gasteiger partial charge on any atom is -0.406 e. The van der Waals surface area contributed by atoms with Gasteiger partial charge < -0.3 is 14.6 Å². The largest absolute Gasteiger partial charge is 0.573 e. The monoisotopic (exact) mass is 276 g/mol. The van der Waals surface area contributed by atoms with Crippen molar-refractivity contribution in [3.63, 3.8) is 0 Å². The van der Waals surface area contributed by atoms with E-state index in [1.165, 1.54) is 18.2 Å². The number of aliphatic hydroxyl groups excluding tert-OH is 1. The van der Waals surface area contributed by atoms with Crippen molar-refractivity contribution in [3.05, 3.63) is 29.8 Å². The molecule has 0 aromatic heterocycles. The Morgan fingerprint density at radius 3 is 2.84 bits per heavy atom. The van der Waals surface area contributed by atoms with Gasteiger partial charge in [-0.25, -0.2) is 0 Å². The van der Waals surface area contributed by atoms with Crippen molar-refractivity contribution in [3.8, 4) is 5.75 Å². The van der Waals surface area contributed by atoms with Gasteiger partial charge in [-0.05, 0) is 30.5 Å². The van der Waals surface area contributed by atoms with Crippen LogP contribution in [0.2, 0.25) is 0 Å². The molecule has 1 aliphatic heterocycles. The Balaban J connectivity index is 2.00. The average molecular weight is 276 g/mol. The van der Waals surface area contributed by atoms with Gasteiger partial charge in [0.2, 0.25) is 0 Å². The van der Waals surface area contributed by atoms with E-state index < -0.39 is 12.5 Å². The normalized spacial score (nSPS) is 21.4. The maximum atomic E-state index is 12.1. The van der Waals surface area contributed by atoms with Gasteiger partial charge in [-0.15, -0.1) is 13.2 Å². The highest BCUT2D eigenvalue weighted by Crippen LogP contribution is 2.29. The first-order valence-corrected chi connectivity index (χ1v) is 6.09. The smallest absolute Gasteiger partial charge is 0.406 e. The van der Waals surface area contributed by atoms with Crippen molar-refractivity contribution in [1.29, 1.82) is 0 Å². The fraction of sp³-hybridized carbons (Fsp3) is 0.538. The summed E-state index contributed by atoms with van der Waals surface area (Å²) in [6.07, 6.45) is -3.39. The van der Waals surface area contributed by atoms with E-state index in [0.29, 0.717) is 18.6 Å². The molecule has 1 aromatic rings. The molecule has 1 saturated heterocycles. The average Bonchev–Trinajstić information content (AvgIpc) is 2.80. The molecular formula is C13H15F3O3. The molecule has 0 spiro atoms. The molecule has 2 unspecified atom stereocenters. The summed E-state index contributed by atoms with van der Waals surface area (Å²) in [5, 5.41) is 9.99. The van der Waals surface area contributed by atoms with Crippen LogP contribution in [0.1, 0.15) is 30.9 Å². The number of ether oxygens (including phenoxy) is 2. The van der Waals surface area contributed by atoms with Crippen LogP contribution in [0.3, 0.4) is 0 Å². The molecule has 6 heteroatoms. The van der Waals surface area contributed by atoms with Crippen LogP contribution in [-0.4, -0.2) is 24.2 Å². The third-order valence-electron chi connectivity index (χ3n) is 2.99. The van der Waals surface area contributed by atoms with E-state index in [-0.39, 0.29) is 11.9 Å². The Morgan fingerprint density at radius 1 is 1.42 bits per heavy atom. The number of aliphatic hydroxyl groups is 1. The summed E-state index contributed by atoms with van der Waals surface area (Å²) >= 11 is 0. The predicted octanol–water partition coefficient (Wildman–Crippen LogP) is 3.19. The molecule has 1 aromatic carbocycles. The Hall–Kier alpha value is -1.27. The molecule has 1 heterocycles. The second-order valence-electron chi connectivity index (χ2n) is 4.51. The van der Waals surface area contributed by atoms with Gasteiger partial charge in [0, 0.05) is 13.0 Å². The first-order chi connectivity index (χ1) is 8.94. The lowest BCUT2D eigenvalue weighted by Gasteiger charge is -2.16. The molecule has 3 nitrogen and oxygen atoms in total. The second-order valence-corrected chi connectivity index (χ2v) is 4.51. The Bertz CT molecular complexity index is 414. The number of alkyl halides is 3. The van der Waals surface area contributed by atoms with Gasteiger partial charge in [-0.2, -0.15) is 0 Å². The Labute approximate surface area is 108 Å². The van der Waals surface area contributed by atoms with Crippen LogP contribution in [-0.2, 0) is 4.74 Å². The van der Waals surface area contributed by atoms with Gasteiger partial charge in [0.1, 0.15) is 5.75 Å². The lowest BCUT2D eigenvalue weighted by molar-refractivity contribution is -0.274. The minimum atomic E-state index is -4.72. The molecule has 19 heavy (non-hydrogen) atoms. The second kappa shape index (κ2) is 5.79. The third kappa shape index (κ3) is 4.40. The van der Waals surface area contributed by atoms with Gasteiger partial charge in [-0.3, -0.25) is 0 Å². The molecule has 0 radical (unpaired) electrons. The summed E-state index contributed by atoms with van der Waals surface area (Å²) in [7, 11) is 0. The fourth-order valence-corrected chi connectivity index (χ4v) is 2.13. The fourth-order valence-electron chi connectivity index (χ4n) is 2.13. The molecule has 106 valence electrons. The summed E-state index contributed by atoms with van der Waals surface area (Å²) in [6.45, 7) is 0.675. The zero-order valence-electron chi connectivity index (χ0n) is 10.2. The van der Waals surface area contributed by atoms with Gasteiger partial charge in [-0.1, -0.05) is 12.1 Å². The van der Waals surface area contributed by atoms with Crippen molar-refractivity contribution in [2.24, 2.45) is 0 Å². The van der Waals surface area contributed by atoms with Gasteiger partial charge in [0.05, 0.1) is 12.2 Å². The van der Waals surface area contributed by atoms with Crippen LogP contribution in [0.4, 0.5) is 13.2 Å². The topological polar surface area (TPSA) is 38.7 Å². The van der Waals surface area contributed by atoms with E-state index in [1.54, 1.807) is 6.07 Å². The number of hydrogen-bond donors (Lipinski definition) is 1. The number of rotatable bonds is 4. The Morgan fingerprint density at radius 2 is 2.21 bits per heavy atom. The van der Waals surface area contributed by atoms with Crippen LogP contribution in [0.15, 0.2) is 24.3 Å². The molecule has 0 saturated carbocycles.